The number of rotatable bonds is 6. The Bertz CT molecular complexity index is 754. The lowest BCUT2D eigenvalue weighted by molar-refractivity contribution is -0.0512. The van der Waals surface area contributed by atoms with Gasteiger partial charge in [0, 0.05) is 4.47 Å². The third-order valence-corrected chi connectivity index (χ3v) is 3.59. The second-order valence-electron chi connectivity index (χ2n) is 4.47. The third kappa shape index (κ3) is 4.76. The zero-order valence-electron chi connectivity index (χ0n) is 12.5. The molecule has 0 heterocycles. The minimum absolute atomic E-state index is 0.0816. The highest BCUT2D eigenvalue weighted by molar-refractivity contribution is 9.10. The summed E-state index contributed by atoms with van der Waals surface area (Å²) >= 11 is 3.28. The molecule has 0 aliphatic heterocycles. The number of nitrogens with zero attached hydrogens (tertiary/aromatic N) is 1. The molecule has 8 heteroatoms. The van der Waals surface area contributed by atoms with Crippen molar-refractivity contribution in [2.45, 2.75) is 6.61 Å². The summed E-state index contributed by atoms with van der Waals surface area (Å²) in [5, 5.41) is 3.84. The Labute approximate surface area is 145 Å². The predicted molar refractivity (Wildman–Crippen MR) is 88.8 cm³/mol. The van der Waals surface area contributed by atoms with E-state index in [1.54, 1.807) is 24.3 Å². The summed E-state index contributed by atoms with van der Waals surface area (Å²) in [5.74, 6) is -0.332. The Balaban J connectivity index is 2.06. The van der Waals surface area contributed by atoms with Gasteiger partial charge in [0.1, 0.15) is 0 Å². The minimum atomic E-state index is -2.94. The summed E-state index contributed by atoms with van der Waals surface area (Å²) in [4.78, 5) is 12.0. The van der Waals surface area contributed by atoms with Crippen LogP contribution in [0.15, 0.2) is 52.0 Å². The van der Waals surface area contributed by atoms with Crippen LogP contribution in [0.5, 0.6) is 11.5 Å². The monoisotopic (exact) mass is 398 g/mol. The molecule has 2 aromatic carbocycles. The van der Waals surface area contributed by atoms with E-state index in [1.807, 2.05) is 0 Å². The van der Waals surface area contributed by atoms with E-state index < -0.39 is 6.61 Å². The third-order valence-electron chi connectivity index (χ3n) is 2.90. The maximum absolute atomic E-state index is 12.3. The number of hydrogen-bond donors (Lipinski definition) is 1. The molecule has 5 nitrogen and oxygen atoms in total. The second-order valence-corrected chi connectivity index (χ2v) is 5.32. The van der Waals surface area contributed by atoms with Crippen LogP contribution in [0.25, 0.3) is 0 Å². The number of alkyl halides is 2. The van der Waals surface area contributed by atoms with E-state index in [4.69, 9.17) is 4.74 Å². The van der Waals surface area contributed by atoms with Crippen molar-refractivity contribution in [1.82, 2.24) is 5.43 Å². The van der Waals surface area contributed by atoms with Crippen molar-refractivity contribution in [2.75, 3.05) is 7.11 Å². The first-order chi connectivity index (χ1) is 11.5. The number of nitrogens with one attached hydrogen (secondary N) is 1. The first-order valence-corrected chi connectivity index (χ1v) is 7.51. The first-order valence-electron chi connectivity index (χ1n) is 6.72. The van der Waals surface area contributed by atoms with Crippen molar-refractivity contribution in [3.8, 4) is 11.5 Å². The first kappa shape index (κ1) is 17.9. The van der Waals surface area contributed by atoms with Gasteiger partial charge in [-0.25, -0.2) is 5.43 Å². The van der Waals surface area contributed by atoms with E-state index in [0.29, 0.717) is 15.6 Å². The molecule has 0 spiro atoms. The molecule has 0 unspecified atom stereocenters. The van der Waals surface area contributed by atoms with Crippen LogP contribution in [0.4, 0.5) is 8.78 Å². The molecular formula is C16H13BrF2N2O3. The van der Waals surface area contributed by atoms with Gasteiger partial charge in [-0.3, -0.25) is 4.79 Å². The molecule has 24 heavy (non-hydrogen) atoms. The fourth-order valence-electron chi connectivity index (χ4n) is 1.83. The molecule has 2 rings (SSSR count). The average Bonchev–Trinajstić information content (AvgIpc) is 2.56. The van der Waals surface area contributed by atoms with Crippen LogP contribution in [-0.4, -0.2) is 25.8 Å². The van der Waals surface area contributed by atoms with Crippen molar-refractivity contribution in [3.63, 3.8) is 0 Å². The van der Waals surface area contributed by atoms with Crippen LogP contribution >= 0.6 is 15.9 Å². The Morgan fingerprint density at radius 2 is 2.00 bits per heavy atom. The molecule has 0 saturated heterocycles. The molecule has 0 fully saturated rings. The molecule has 2 aromatic rings. The van der Waals surface area contributed by atoms with Crippen LogP contribution < -0.4 is 14.9 Å². The van der Waals surface area contributed by atoms with Gasteiger partial charge in [-0.05, 0) is 51.8 Å². The summed E-state index contributed by atoms with van der Waals surface area (Å²) in [6.07, 6.45) is 1.36. The number of hydrazone groups is 1. The van der Waals surface area contributed by atoms with E-state index in [2.05, 4.69) is 31.2 Å². The lowest BCUT2D eigenvalue weighted by Crippen LogP contribution is -2.18. The summed E-state index contributed by atoms with van der Waals surface area (Å²) < 4.78 is 34.5. The van der Waals surface area contributed by atoms with Crippen molar-refractivity contribution < 1.29 is 23.0 Å². The number of ether oxygens (including phenoxy) is 2. The quantitative estimate of drug-likeness (QED) is 0.594. The maximum Gasteiger partial charge on any atom is 0.387 e. The van der Waals surface area contributed by atoms with Crippen molar-refractivity contribution in [2.24, 2.45) is 5.10 Å². The molecule has 1 amide bonds. The molecule has 0 saturated carbocycles. The normalized spacial score (nSPS) is 10.9. The zero-order valence-corrected chi connectivity index (χ0v) is 14.1. The molecular weight excluding hydrogens is 386 g/mol. The average molecular weight is 399 g/mol. The number of benzene rings is 2. The van der Waals surface area contributed by atoms with Crippen LogP contribution in [-0.2, 0) is 0 Å². The highest BCUT2D eigenvalue weighted by Gasteiger charge is 2.11. The predicted octanol–water partition coefficient (Wildman–Crippen LogP) is 3.82. The van der Waals surface area contributed by atoms with Crippen molar-refractivity contribution in [1.29, 1.82) is 0 Å². The summed E-state index contributed by atoms with van der Waals surface area (Å²) in [7, 11) is 1.34. The van der Waals surface area contributed by atoms with Gasteiger partial charge in [-0.1, -0.05) is 12.1 Å². The fraction of sp³-hybridized carbons (Fsp3) is 0.125. The lowest BCUT2D eigenvalue weighted by atomic mass is 10.2. The number of halogens is 3. The van der Waals surface area contributed by atoms with Gasteiger partial charge in [0.25, 0.3) is 5.91 Å². The largest absolute Gasteiger partial charge is 0.493 e. The smallest absolute Gasteiger partial charge is 0.387 e. The topological polar surface area (TPSA) is 59.9 Å². The van der Waals surface area contributed by atoms with E-state index in [-0.39, 0.29) is 17.4 Å². The molecule has 0 radical (unpaired) electrons. The number of carbonyl (C=O) groups is 1. The molecule has 1 N–H and O–H groups in total. The van der Waals surface area contributed by atoms with E-state index in [0.717, 1.165) is 0 Å². The van der Waals surface area contributed by atoms with Gasteiger partial charge in [0.15, 0.2) is 11.5 Å². The number of carbonyl (C=O) groups excluding carboxylic acids is 1. The van der Waals surface area contributed by atoms with E-state index in [1.165, 1.54) is 31.5 Å². The van der Waals surface area contributed by atoms with Crippen LogP contribution in [0.3, 0.4) is 0 Å². The zero-order chi connectivity index (χ0) is 17.5. The summed E-state index contributed by atoms with van der Waals surface area (Å²) in [6.45, 7) is -2.94. The highest BCUT2D eigenvalue weighted by atomic mass is 79.9. The van der Waals surface area contributed by atoms with Crippen molar-refractivity contribution in [3.05, 3.63) is 58.1 Å². The summed E-state index contributed by atoms with van der Waals surface area (Å²) in [6, 6.07) is 11.2. The summed E-state index contributed by atoms with van der Waals surface area (Å²) in [5.41, 5.74) is 3.36. The second kappa shape index (κ2) is 8.39. The molecule has 126 valence electrons. The van der Waals surface area contributed by atoms with Gasteiger partial charge < -0.3 is 9.47 Å². The van der Waals surface area contributed by atoms with Gasteiger partial charge in [0.05, 0.1) is 18.9 Å². The molecule has 0 aliphatic carbocycles. The van der Waals surface area contributed by atoms with Gasteiger partial charge in [0.2, 0.25) is 0 Å². The highest BCUT2D eigenvalue weighted by Crippen LogP contribution is 2.28. The Kier molecular flexibility index (Phi) is 6.25. The van der Waals surface area contributed by atoms with Crippen LogP contribution in [0.1, 0.15) is 15.9 Å². The van der Waals surface area contributed by atoms with Gasteiger partial charge >= 0.3 is 6.61 Å². The maximum atomic E-state index is 12.3. The standard InChI is InChI=1S/C16H13BrF2N2O3/c1-23-14-8-10(6-7-13(14)24-16(18)19)9-20-21-15(22)11-4-2-3-5-12(11)17/h2-9,16H,1H3,(H,21,22)/b20-9-. The lowest BCUT2D eigenvalue weighted by Gasteiger charge is -2.10. The fourth-order valence-corrected chi connectivity index (χ4v) is 2.29. The van der Waals surface area contributed by atoms with E-state index in [9.17, 15) is 13.6 Å². The Morgan fingerprint density at radius 3 is 2.67 bits per heavy atom. The Hall–Kier alpha value is -2.48. The van der Waals surface area contributed by atoms with Crippen molar-refractivity contribution >= 4 is 28.1 Å². The van der Waals surface area contributed by atoms with Gasteiger partial charge in [-0.2, -0.15) is 13.9 Å². The minimum Gasteiger partial charge on any atom is -0.493 e. The number of amides is 1. The SMILES string of the molecule is COc1cc(/C=N\NC(=O)c2ccccc2Br)ccc1OC(F)F. The molecule has 0 atom stereocenters. The van der Waals surface area contributed by atoms with Crippen LogP contribution in [0, 0.1) is 0 Å². The van der Waals surface area contributed by atoms with E-state index >= 15 is 0 Å². The molecule has 0 aromatic heterocycles. The Morgan fingerprint density at radius 1 is 1.25 bits per heavy atom. The molecule has 0 aliphatic rings. The van der Waals surface area contributed by atoms with Gasteiger partial charge in [-0.15, -0.1) is 0 Å². The van der Waals surface area contributed by atoms with Crippen LogP contribution in [0.2, 0.25) is 0 Å². The molecule has 0 bridgehead atoms. The number of hydrogen-bond acceptors (Lipinski definition) is 4. The number of methoxy groups -OCH3 is 1.